The molecular formula is C20H25N7O. The number of nitrogens with zero attached hydrogens (tertiary/aromatic N) is 7. The number of fused-ring (bicyclic) bond motifs is 1. The van der Waals surface area contributed by atoms with Crippen LogP contribution in [0.2, 0.25) is 0 Å². The lowest BCUT2D eigenvalue weighted by Gasteiger charge is -2.31. The molecule has 1 atom stereocenters. The minimum atomic E-state index is 0.425. The molecule has 146 valence electrons. The van der Waals surface area contributed by atoms with E-state index in [2.05, 4.69) is 34.8 Å². The van der Waals surface area contributed by atoms with Crippen LogP contribution in [0.5, 0.6) is 0 Å². The van der Waals surface area contributed by atoms with Crippen molar-refractivity contribution in [1.29, 1.82) is 0 Å². The molecule has 0 spiro atoms. The van der Waals surface area contributed by atoms with Gasteiger partial charge >= 0.3 is 0 Å². The van der Waals surface area contributed by atoms with E-state index in [0.29, 0.717) is 24.2 Å². The van der Waals surface area contributed by atoms with Gasteiger partial charge in [0.1, 0.15) is 11.6 Å². The predicted molar refractivity (Wildman–Crippen MR) is 102 cm³/mol. The molecule has 0 aromatic carbocycles. The first kappa shape index (κ1) is 17.5. The molecule has 0 amide bonds. The highest BCUT2D eigenvalue weighted by atomic mass is 16.5. The van der Waals surface area contributed by atoms with Gasteiger partial charge in [-0.2, -0.15) is 4.98 Å². The molecule has 8 nitrogen and oxygen atoms in total. The summed E-state index contributed by atoms with van der Waals surface area (Å²) in [5.74, 6) is 4.01. The third-order valence-electron chi connectivity index (χ3n) is 5.76. The molecule has 0 bridgehead atoms. The minimum absolute atomic E-state index is 0.425. The van der Waals surface area contributed by atoms with Crippen molar-refractivity contribution in [2.45, 2.75) is 57.5 Å². The van der Waals surface area contributed by atoms with Crippen LogP contribution in [-0.2, 0) is 19.5 Å². The lowest BCUT2D eigenvalue weighted by atomic mass is 9.97. The summed E-state index contributed by atoms with van der Waals surface area (Å²) in [7, 11) is 0. The van der Waals surface area contributed by atoms with Gasteiger partial charge in [0, 0.05) is 43.4 Å². The zero-order chi connectivity index (χ0) is 18.8. The Kier molecular flexibility index (Phi) is 4.86. The quantitative estimate of drug-likeness (QED) is 0.689. The number of piperidine rings is 1. The molecule has 2 aliphatic rings. The Labute approximate surface area is 164 Å². The molecule has 2 aliphatic heterocycles. The highest BCUT2D eigenvalue weighted by Crippen LogP contribution is 2.28. The van der Waals surface area contributed by atoms with Crippen molar-refractivity contribution in [1.82, 2.24) is 34.8 Å². The van der Waals surface area contributed by atoms with Crippen molar-refractivity contribution in [3.05, 3.63) is 42.1 Å². The molecule has 0 N–H and O–H groups in total. The SMILES string of the molecule is c1cncc(-c2noc(CN3CCCC(c4nnc5n4CCCCC5)C3)n2)c1. The summed E-state index contributed by atoms with van der Waals surface area (Å²) in [5, 5.41) is 13.2. The van der Waals surface area contributed by atoms with E-state index < -0.39 is 0 Å². The molecule has 8 heteroatoms. The van der Waals surface area contributed by atoms with Crippen molar-refractivity contribution in [2.24, 2.45) is 0 Å². The maximum Gasteiger partial charge on any atom is 0.241 e. The van der Waals surface area contributed by atoms with E-state index in [1.165, 1.54) is 37.3 Å². The number of pyridine rings is 1. The van der Waals surface area contributed by atoms with Crippen LogP contribution < -0.4 is 0 Å². The summed E-state index contributed by atoms with van der Waals surface area (Å²) < 4.78 is 7.87. The molecule has 0 radical (unpaired) electrons. The first-order valence-electron chi connectivity index (χ1n) is 10.2. The van der Waals surface area contributed by atoms with Crippen LogP contribution in [0.15, 0.2) is 29.0 Å². The largest absolute Gasteiger partial charge is 0.338 e. The maximum absolute atomic E-state index is 5.49. The van der Waals surface area contributed by atoms with Gasteiger partial charge in [-0.25, -0.2) is 0 Å². The molecule has 3 aromatic rings. The summed E-state index contributed by atoms with van der Waals surface area (Å²) >= 11 is 0. The normalized spacial score (nSPS) is 20.6. The summed E-state index contributed by atoms with van der Waals surface area (Å²) in [6.45, 7) is 3.74. The third-order valence-corrected chi connectivity index (χ3v) is 5.76. The van der Waals surface area contributed by atoms with Crippen LogP contribution >= 0.6 is 0 Å². The second kappa shape index (κ2) is 7.79. The number of hydrogen-bond acceptors (Lipinski definition) is 7. The van der Waals surface area contributed by atoms with Crippen LogP contribution in [0.1, 0.15) is 55.6 Å². The van der Waals surface area contributed by atoms with Gasteiger partial charge in [-0.05, 0) is 44.4 Å². The van der Waals surface area contributed by atoms with E-state index in [0.717, 1.165) is 38.0 Å². The van der Waals surface area contributed by atoms with Crippen molar-refractivity contribution in [3.63, 3.8) is 0 Å². The van der Waals surface area contributed by atoms with Gasteiger partial charge in [-0.3, -0.25) is 9.88 Å². The zero-order valence-corrected chi connectivity index (χ0v) is 16.0. The number of aromatic nitrogens is 6. The van der Waals surface area contributed by atoms with Gasteiger partial charge in [-0.1, -0.05) is 11.6 Å². The van der Waals surface area contributed by atoms with Crippen LogP contribution in [-0.4, -0.2) is 47.9 Å². The molecular weight excluding hydrogens is 354 g/mol. The molecule has 28 heavy (non-hydrogen) atoms. The predicted octanol–water partition coefficient (Wildman–Crippen LogP) is 2.83. The fourth-order valence-corrected chi connectivity index (χ4v) is 4.34. The standard InChI is InChI=1S/C20H25N7O/c1-2-8-17-23-24-20(27(17)11-3-1)16-7-5-10-26(13-16)14-18-22-19(25-28-18)15-6-4-9-21-12-15/h4,6,9,12,16H,1-3,5,7-8,10-11,13-14H2. The van der Waals surface area contributed by atoms with Gasteiger partial charge in [0.25, 0.3) is 0 Å². The summed E-state index contributed by atoms with van der Waals surface area (Å²) in [6, 6.07) is 3.82. The molecule has 0 saturated carbocycles. The van der Waals surface area contributed by atoms with Crippen LogP contribution in [0.4, 0.5) is 0 Å². The van der Waals surface area contributed by atoms with Crippen molar-refractivity contribution in [3.8, 4) is 11.4 Å². The topological polar surface area (TPSA) is 85.8 Å². The summed E-state index contributed by atoms with van der Waals surface area (Å²) in [6.07, 6.45) is 10.6. The van der Waals surface area contributed by atoms with E-state index in [-0.39, 0.29) is 0 Å². The summed E-state index contributed by atoms with van der Waals surface area (Å²) in [5.41, 5.74) is 0.875. The zero-order valence-electron chi connectivity index (χ0n) is 16.0. The number of hydrogen-bond donors (Lipinski definition) is 0. The number of aryl methyl sites for hydroxylation is 1. The molecule has 1 fully saturated rings. The average Bonchev–Trinajstić information content (AvgIpc) is 3.30. The number of likely N-dealkylation sites (tertiary alicyclic amines) is 1. The smallest absolute Gasteiger partial charge is 0.241 e. The molecule has 5 rings (SSSR count). The lowest BCUT2D eigenvalue weighted by molar-refractivity contribution is 0.172. The Morgan fingerprint density at radius 1 is 1.11 bits per heavy atom. The van der Waals surface area contributed by atoms with Crippen molar-refractivity contribution < 1.29 is 4.52 Å². The second-order valence-corrected chi connectivity index (χ2v) is 7.76. The Hall–Kier alpha value is -2.61. The lowest BCUT2D eigenvalue weighted by Crippen LogP contribution is -2.35. The molecule has 0 aliphatic carbocycles. The number of rotatable bonds is 4. The fourth-order valence-electron chi connectivity index (χ4n) is 4.34. The second-order valence-electron chi connectivity index (χ2n) is 7.76. The Bertz CT molecular complexity index is 920. The van der Waals surface area contributed by atoms with E-state index in [1.54, 1.807) is 12.4 Å². The van der Waals surface area contributed by atoms with Crippen LogP contribution in [0.25, 0.3) is 11.4 Å². The van der Waals surface area contributed by atoms with Crippen LogP contribution in [0.3, 0.4) is 0 Å². The first-order valence-corrected chi connectivity index (χ1v) is 10.2. The third kappa shape index (κ3) is 3.56. The molecule has 1 unspecified atom stereocenters. The van der Waals surface area contributed by atoms with E-state index >= 15 is 0 Å². The van der Waals surface area contributed by atoms with Gasteiger partial charge in [0.2, 0.25) is 11.7 Å². The van der Waals surface area contributed by atoms with Crippen molar-refractivity contribution >= 4 is 0 Å². The van der Waals surface area contributed by atoms with E-state index in [4.69, 9.17) is 4.52 Å². The Morgan fingerprint density at radius 3 is 3.04 bits per heavy atom. The molecule has 3 aromatic heterocycles. The molecule has 1 saturated heterocycles. The monoisotopic (exact) mass is 379 g/mol. The first-order chi connectivity index (χ1) is 13.9. The highest BCUT2D eigenvalue weighted by Gasteiger charge is 2.28. The highest BCUT2D eigenvalue weighted by molar-refractivity contribution is 5.51. The Morgan fingerprint density at radius 2 is 2.11 bits per heavy atom. The van der Waals surface area contributed by atoms with Crippen molar-refractivity contribution in [2.75, 3.05) is 13.1 Å². The summed E-state index contributed by atoms with van der Waals surface area (Å²) in [4.78, 5) is 11.1. The van der Waals surface area contributed by atoms with E-state index in [9.17, 15) is 0 Å². The van der Waals surface area contributed by atoms with Gasteiger partial charge in [-0.15, -0.1) is 10.2 Å². The minimum Gasteiger partial charge on any atom is -0.338 e. The van der Waals surface area contributed by atoms with Crippen LogP contribution in [0, 0.1) is 0 Å². The fraction of sp³-hybridized carbons (Fsp3) is 0.550. The van der Waals surface area contributed by atoms with E-state index in [1.807, 2.05) is 12.1 Å². The molecule has 5 heterocycles. The van der Waals surface area contributed by atoms with Gasteiger partial charge < -0.3 is 9.09 Å². The van der Waals surface area contributed by atoms with Gasteiger partial charge in [0.15, 0.2) is 0 Å². The average molecular weight is 379 g/mol. The van der Waals surface area contributed by atoms with Gasteiger partial charge in [0.05, 0.1) is 6.54 Å². The maximum atomic E-state index is 5.49. The Balaban J connectivity index is 1.28.